The lowest BCUT2D eigenvalue weighted by Gasteiger charge is -2.11. The Balaban J connectivity index is 2.15. The van der Waals surface area contributed by atoms with Crippen LogP contribution in [0.4, 0.5) is 4.79 Å². The Morgan fingerprint density at radius 3 is 2.65 bits per heavy atom. The van der Waals surface area contributed by atoms with Gasteiger partial charge in [-0.05, 0) is 48.9 Å². The number of ether oxygens (including phenoxy) is 3. The summed E-state index contributed by atoms with van der Waals surface area (Å²) < 4.78 is 15.5. The molecule has 140 valence electrons. The van der Waals surface area contributed by atoms with Crippen LogP contribution in [0.2, 0.25) is 0 Å². The second-order valence-corrected chi connectivity index (χ2v) is 6.33. The third-order valence-electron chi connectivity index (χ3n) is 3.46. The van der Waals surface area contributed by atoms with Crippen molar-refractivity contribution in [1.82, 2.24) is 4.90 Å². The molecule has 2 rings (SSSR count). The number of methoxy groups -OCH3 is 1. The number of esters is 1. The van der Waals surface area contributed by atoms with Crippen molar-refractivity contribution in [2.75, 3.05) is 26.9 Å². The molecular weight excluding hydrogens is 358 g/mol. The third-order valence-corrected chi connectivity index (χ3v) is 4.36. The molecule has 1 heterocycles. The van der Waals surface area contributed by atoms with E-state index in [1.807, 2.05) is 6.92 Å². The zero-order valence-corrected chi connectivity index (χ0v) is 15.8. The smallest absolute Gasteiger partial charge is 0.344 e. The summed E-state index contributed by atoms with van der Waals surface area (Å²) in [6, 6.07) is 5.03. The highest BCUT2D eigenvalue weighted by Crippen LogP contribution is 2.34. The Labute approximate surface area is 156 Å². The van der Waals surface area contributed by atoms with Crippen LogP contribution in [0.25, 0.3) is 6.08 Å². The Bertz CT molecular complexity index is 730. The van der Waals surface area contributed by atoms with Gasteiger partial charge in [-0.15, -0.1) is 0 Å². The molecule has 1 aliphatic heterocycles. The van der Waals surface area contributed by atoms with Crippen LogP contribution in [0.15, 0.2) is 23.1 Å². The molecule has 0 unspecified atom stereocenters. The van der Waals surface area contributed by atoms with Crippen LogP contribution in [0.5, 0.6) is 11.5 Å². The average molecular weight is 379 g/mol. The van der Waals surface area contributed by atoms with Crippen molar-refractivity contribution in [2.45, 2.75) is 20.3 Å². The quantitative estimate of drug-likeness (QED) is 0.507. The first-order valence-corrected chi connectivity index (χ1v) is 9.03. The molecule has 0 radical (unpaired) electrons. The first kappa shape index (κ1) is 19.8. The second-order valence-electron chi connectivity index (χ2n) is 5.34. The molecule has 1 aliphatic rings. The molecule has 1 aromatic rings. The van der Waals surface area contributed by atoms with Crippen molar-refractivity contribution in [3.05, 3.63) is 28.7 Å². The van der Waals surface area contributed by atoms with Crippen LogP contribution in [0, 0.1) is 0 Å². The highest BCUT2D eigenvalue weighted by atomic mass is 32.2. The number of carbonyl (C=O) groups excluding carboxylic acids is 3. The molecule has 7 nitrogen and oxygen atoms in total. The Morgan fingerprint density at radius 2 is 2.00 bits per heavy atom. The first-order valence-electron chi connectivity index (χ1n) is 8.22. The van der Waals surface area contributed by atoms with E-state index >= 15 is 0 Å². The molecule has 0 atom stereocenters. The Kier molecular flexibility index (Phi) is 7.08. The Morgan fingerprint density at radius 1 is 1.23 bits per heavy atom. The molecule has 0 spiro atoms. The van der Waals surface area contributed by atoms with Crippen molar-refractivity contribution in [1.29, 1.82) is 0 Å². The zero-order chi connectivity index (χ0) is 19.1. The van der Waals surface area contributed by atoms with Gasteiger partial charge in [0, 0.05) is 6.54 Å². The SMILES string of the molecule is CCCN1C(=O)S/C(=C/c2ccc(OCC(=O)OCC)c(OC)c2)C1=O. The van der Waals surface area contributed by atoms with Crippen molar-refractivity contribution >= 4 is 35.0 Å². The van der Waals surface area contributed by atoms with E-state index in [9.17, 15) is 14.4 Å². The lowest BCUT2D eigenvalue weighted by Crippen LogP contribution is -2.28. The molecule has 2 amide bonds. The highest BCUT2D eigenvalue weighted by molar-refractivity contribution is 8.18. The van der Waals surface area contributed by atoms with Gasteiger partial charge < -0.3 is 14.2 Å². The van der Waals surface area contributed by atoms with Gasteiger partial charge in [-0.3, -0.25) is 14.5 Å². The molecule has 0 N–H and O–H groups in total. The Hall–Kier alpha value is -2.48. The fraction of sp³-hybridized carbons (Fsp3) is 0.389. The maximum atomic E-state index is 12.3. The summed E-state index contributed by atoms with van der Waals surface area (Å²) in [5.74, 6) is 0.0410. The number of benzene rings is 1. The monoisotopic (exact) mass is 379 g/mol. The van der Waals surface area contributed by atoms with Gasteiger partial charge in [0.05, 0.1) is 18.6 Å². The zero-order valence-electron chi connectivity index (χ0n) is 14.9. The fourth-order valence-corrected chi connectivity index (χ4v) is 3.17. The van der Waals surface area contributed by atoms with E-state index in [1.54, 1.807) is 31.2 Å². The molecule has 0 aromatic heterocycles. The molecule has 26 heavy (non-hydrogen) atoms. The van der Waals surface area contributed by atoms with Crippen LogP contribution in [-0.4, -0.2) is 48.9 Å². The van der Waals surface area contributed by atoms with Gasteiger partial charge in [0.1, 0.15) is 0 Å². The van der Waals surface area contributed by atoms with E-state index in [-0.39, 0.29) is 24.4 Å². The molecule has 0 saturated carbocycles. The van der Waals surface area contributed by atoms with Gasteiger partial charge >= 0.3 is 5.97 Å². The minimum atomic E-state index is -0.469. The number of rotatable bonds is 8. The van der Waals surface area contributed by atoms with Crippen molar-refractivity contribution in [3.8, 4) is 11.5 Å². The summed E-state index contributed by atoms with van der Waals surface area (Å²) in [5, 5.41) is -0.260. The van der Waals surface area contributed by atoms with E-state index < -0.39 is 5.97 Å². The van der Waals surface area contributed by atoms with Crippen LogP contribution >= 0.6 is 11.8 Å². The average Bonchev–Trinajstić information content (AvgIpc) is 2.88. The maximum Gasteiger partial charge on any atom is 0.344 e. The van der Waals surface area contributed by atoms with Gasteiger partial charge in [-0.2, -0.15) is 0 Å². The first-order chi connectivity index (χ1) is 12.5. The fourth-order valence-electron chi connectivity index (χ4n) is 2.30. The van der Waals surface area contributed by atoms with Gasteiger partial charge in [0.25, 0.3) is 11.1 Å². The van der Waals surface area contributed by atoms with E-state index in [1.165, 1.54) is 12.0 Å². The maximum absolute atomic E-state index is 12.3. The molecule has 0 aliphatic carbocycles. The van der Waals surface area contributed by atoms with Crippen molar-refractivity contribution in [2.24, 2.45) is 0 Å². The summed E-state index contributed by atoms with van der Waals surface area (Å²) in [7, 11) is 1.48. The molecule has 1 saturated heterocycles. The second kappa shape index (κ2) is 9.28. The number of nitrogens with zero attached hydrogens (tertiary/aromatic N) is 1. The largest absolute Gasteiger partial charge is 0.493 e. The number of imide groups is 1. The van der Waals surface area contributed by atoms with Crippen LogP contribution in [0.1, 0.15) is 25.8 Å². The number of amides is 2. The number of carbonyl (C=O) groups is 3. The van der Waals surface area contributed by atoms with Crippen LogP contribution in [-0.2, 0) is 14.3 Å². The van der Waals surface area contributed by atoms with E-state index in [2.05, 4.69) is 0 Å². The number of hydrogen-bond acceptors (Lipinski definition) is 7. The minimum absolute atomic E-state index is 0.223. The lowest BCUT2D eigenvalue weighted by molar-refractivity contribution is -0.145. The summed E-state index contributed by atoms with van der Waals surface area (Å²) in [6.45, 7) is 4.10. The summed E-state index contributed by atoms with van der Waals surface area (Å²) >= 11 is 0.919. The van der Waals surface area contributed by atoms with E-state index in [4.69, 9.17) is 14.2 Å². The van der Waals surface area contributed by atoms with Crippen molar-refractivity contribution in [3.63, 3.8) is 0 Å². The molecule has 1 fully saturated rings. The minimum Gasteiger partial charge on any atom is -0.493 e. The topological polar surface area (TPSA) is 82.1 Å². The predicted molar refractivity (Wildman–Crippen MR) is 98.1 cm³/mol. The molecule has 8 heteroatoms. The highest BCUT2D eigenvalue weighted by Gasteiger charge is 2.34. The van der Waals surface area contributed by atoms with Gasteiger partial charge in [-0.1, -0.05) is 13.0 Å². The number of hydrogen-bond donors (Lipinski definition) is 0. The lowest BCUT2D eigenvalue weighted by atomic mass is 10.2. The standard InChI is InChI=1S/C18H21NO6S/c1-4-8-19-17(21)15(26-18(19)22)10-12-6-7-13(14(9-12)23-3)25-11-16(20)24-5-2/h6-7,9-10H,4-5,8,11H2,1-3H3/b15-10+. The summed E-state index contributed by atoms with van der Waals surface area (Å²) in [5.41, 5.74) is 0.687. The van der Waals surface area contributed by atoms with Crippen LogP contribution in [0.3, 0.4) is 0 Å². The summed E-state index contributed by atoms with van der Waals surface area (Å²) in [6.07, 6.45) is 2.35. The molecule has 1 aromatic carbocycles. The van der Waals surface area contributed by atoms with E-state index in [0.29, 0.717) is 34.9 Å². The third kappa shape index (κ3) is 4.78. The van der Waals surface area contributed by atoms with Crippen molar-refractivity contribution < 1.29 is 28.6 Å². The normalized spacial score (nSPS) is 15.5. The predicted octanol–water partition coefficient (Wildman–Crippen LogP) is 3.08. The molecular formula is C18H21NO6S. The van der Waals surface area contributed by atoms with E-state index in [0.717, 1.165) is 11.8 Å². The van der Waals surface area contributed by atoms with Gasteiger partial charge in [0.15, 0.2) is 18.1 Å². The summed E-state index contributed by atoms with van der Waals surface area (Å²) in [4.78, 5) is 37.2. The van der Waals surface area contributed by atoms with Gasteiger partial charge in [-0.25, -0.2) is 4.79 Å². The number of thioether (sulfide) groups is 1. The van der Waals surface area contributed by atoms with Crippen LogP contribution < -0.4 is 9.47 Å². The van der Waals surface area contributed by atoms with Gasteiger partial charge in [0.2, 0.25) is 0 Å². The molecule has 0 bridgehead atoms.